The first-order valence-electron chi connectivity index (χ1n) is 6.62. The smallest absolute Gasteiger partial charge is 0.407 e. The van der Waals surface area contributed by atoms with Crippen molar-refractivity contribution in [3.63, 3.8) is 0 Å². The molecule has 112 valence electrons. The minimum Gasteiger partial charge on any atom is -0.465 e. The number of benzene rings is 1. The molecular weight excluding hydrogens is 343 g/mol. The molecule has 3 rings (SSSR count). The van der Waals surface area contributed by atoms with Crippen molar-refractivity contribution in [2.45, 2.75) is 12.5 Å². The van der Waals surface area contributed by atoms with E-state index in [0.717, 1.165) is 6.42 Å². The van der Waals surface area contributed by atoms with Crippen molar-refractivity contribution in [2.75, 3.05) is 18.5 Å². The molecule has 2 fully saturated rings. The number of halogens is 2. The third-order valence-electron chi connectivity index (χ3n) is 4.25. The molecule has 0 bridgehead atoms. The Balaban J connectivity index is 1.87. The lowest BCUT2D eigenvalue weighted by Crippen LogP contribution is -2.48. The Labute approximate surface area is 129 Å². The molecule has 0 radical (unpaired) electrons. The van der Waals surface area contributed by atoms with Gasteiger partial charge in [-0.25, -0.2) is 9.18 Å². The standard InChI is InChI=1S/C14H14BrFN2O3/c1-17(11-5-8(15)2-3-10(11)16)13(19)12-9-4-7(9)6-18(12)14(20)21/h2-3,5,7,9,12H,4,6H2,1H3,(H,20,21)/t7-,9-,12-/m0/s1. The third kappa shape index (κ3) is 2.39. The van der Waals surface area contributed by atoms with Gasteiger partial charge in [-0.05, 0) is 36.5 Å². The van der Waals surface area contributed by atoms with Gasteiger partial charge in [0.25, 0.3) is 0 Å². The van der Waals surface area contributed by atoms with Crippen molar-refractivity contribution in [1.29, 1.82) is 0 Å². The Bertz CT molecular complexity index is 624. The fraction of sp³-hybridized carbons (Fsp3) is 0.429. The van der Waals surface area contributed by atoms with Crippen molar-refractivity contribution in [2.24, 2.45) is 11.8 Å². The van der Waals surface area contributed by atoms with Gasteiger partial charge >= 0.3 is 6.09 Å². The Morgan fingerprint density at radius 3 is 2.86 bits per heavy atom. The number of anilines is 1. The lowest BCUT2D eigenvalue weighted by atomic mass is 10.1. The topological polar surface area (TPSA) is 60.9 Å². The summed E-state index contributed by atoms with van der Waals surface area (Å²) in [6, 6.07) is 3.63. The molecule has 1 aromatic rings. The van der Waals surface area contributed by atoms with Crippen LogP contribution in [-0.4, -0.2) is 41.6 Å². The van der Waals surface area contributed by atoms with Crippen molar-refractivity contribution >= 4 is 33.6 Å². The highest BCUT2D eigenvalue weighted by atomic mass is 79.9. The van der Waals surface area contributed by atoms with Gasteiger partial charge in [-0.2, -0.15) is 0 Å². The Morgan fingerprint density at radius 2 is 2.19 bits per heavy atom. The lowest BCUT2D eigenvalue weighted by molar-refractivity contribution is -0.122. The number of likely N-dealkylation sites (tertiary alicyclic amines) is 1. The van der Waals surface area contributed by atoms with Crippen LogP contribution < -0.4 is 4.90 Å². The molecule has 2 amide bonds. The van der Waals surface area contributed by atoms with Crippen molar-refractivity contribution < 1.29 is 19.1 Å². The average Bonchev–Trinajstić information content (AvgIpc) is 3.10. The lowest BCUT2D eigenvalue weighted by Gasteiger charge is -2.28. The first kappa shape index (κ1) is 14.3. The molecular formula is C14H14BrFN2O3. The predicted octanol–water partition coefficient (Wildman–Crippen LogP) is 2.55. The van der Waals surface area contributed by atoms with E-state index in [9.17, 15) is 19.1 Å². The largest absolute Gasteiger partial charge is 0.465 e. The monoisotopic (exact) mass is 356 g/mol. The number of piperidine rings is 1. The zero-order valence-corrected chi connectivity index (χ0v) is 12.9. The summed E-state index contributed by atoms with van der Waals surface area (Å²) in [7, 11) is 1.48. The number of hydrogen-bond acceptors (Lipinski definition) is 2. The van der Waals surface area contributed by atoms with Gasteiger partial charge in [-0.1, -0.05) is 15.9 Å². The van der Waals surface area contributed by atoms with Crippen LogP contribution in [0.15, 0.2) is 22.7 Å². The summed E-state index contributed by atoms with van der Waals surface area (Å²) < 4.78 is 14.5. The van der Waals surface area contributed by atoms with Crippen LogP contribution in [0.2, 0.25) is 0 Å². The van der Waals surface area contributed by atoms with E-state index >= 15 is 0 Å². The first-order valence-corrected chi connectivity index (χ1v) is 7.41. The fourth-order valence-electron chi connectivity index (χ4n) is 3.04. The van der Waals surface area contributed by atoms with Gasteiger partial charge < -0.3 is 10.0 Å². The summed E-state index contributed by atoms with van der Waals surface area (Å²) >= 11 is 3.24. The number of amides is 2. The Kier molecular flexibility index (Phi) is 3.39. The van der Waals surface area contributed by atoms with E-state index in [1.165, 1.54) is 29.0 Å². The molecule has 5 nitrogen and oxygen atoms in total. The number of rotatable bonds is 2. The second-order valence-corrected chi connectivity index (χ2v) is 6.45. The zero-order chi connectivity index (χ0) is 15.3. The van der Waals surface area contributed by atoms with E-state index in [4.69, 9.17) is 0 Å². The summed E-state index contributed by atoms with van der Waals surface area (Å²) in [5.41, 5.74) is 0.142. The normalized spacial score (nSPS) is 26.4. The van der Waals surface area contributed by atoms with E-state index in [-0.39, 0.29) is 23.4 Å². The molecule has 1 saturated heterocycles. The SMILES string of the molecule is CN(C(=O)[C@@H]1[C@H]2C[C@H]2CN1C(=O)O)c1cc(Br)ccc1F. The Morgan fingerprint density at radius 1 is 1.48 bits per heavy atom. The predicted molar refractivity (Wildman–Crippen MR) is 77.6 cm³/mol. The molecule has 3 atom stereocenters. The number of nitrogens with zero attached hydrogens (tertiary/aromatic N) is 2. The number of likely N-dealkylation sites (N-methyl/N-ethyl adjacent to an activating group) is 1. The molecule has 0 spiro atoms. The third-order valence-corrected chi connectivity index (χ3v) is 4.74. The van der Waals surface area contributed by atoms with Crippen molar-refractivity contribution in [3.05, 3.63) is 28.5 Å². The maximum absolute atomic E-state index is 13.9. The minimum absolute atomic E-state index is 0.0752. The highest BCUT2D eigenvalue weighted by Gasteiger charge is 2.57. The van der Waals surface area contributed by atoms with Gasteiger partial charge in [0, 0.05) is 18.1 Å². The number of carbonyl (C=O) groups excluding carboxylic acids is 1. The minimum atomic E-state index is -1.09. The van der Waals surface area contributed by atoms with Crippen LogP contribution in [0.5, 0.6) is 0 Å². The average molecular weight is 357 g/mol. The van der Waals surface area contributed by atoms with Gasteiger partial charge in [0.2, 0.25) is 5.91 Å². The maximum Gasteiger partial charge on any atom is 0.407 e. The van der Waals surface area contributed by atoms with Crippen LogP contribution in [0, 0.1) is 17.7 Å². The van der Waals surface area contributed by atoms with Crippen LogP contribution in [0.1, 0.15) is 6.42 Å². The zero-order valence-electron chi connectivity index (χ0n) is 11.3. The van der Waals surface area contributed by atoms with Gasteiger partial charge in [-0.3, -0.25) is 9.69 Å². The van der Waals surface area contributed by atoms with Gasteiger partial charge in [0.05, 0.1) is 5.69 Å². The molecule has 0 unspecified atom stereocenters. The molecule has 1 N–H and O–H groups in total. The quantitative estimate of drug-likeness (QED) is 0.885. The second-order valence-electron chi connectivity index (χ2n) is 5.53. The summed E-state index contributed by atoms with van der Waals surface area (Å²) in [6.45, 7) is 0.394. The molecule has 21 heavy (non-hydrogen) atoms. The summed E-state index contributed by atoms with van der Waals surface area (Å²) in [4.78, 5) is 26.2. The van der Waals surface area contributed by atoms with Crippen LogP contribution in [0.3, 0.4) is 0 Å². The number of carbonyl (C=O) groups is 2. The molecule has 1 aliphatic heterocycles. The fourth-order valence-corrected chi connectivity index (χ4v) is 3.39. The van der Waals surface area contributed by atoms with Gasteiger partial charge in [0.15, 0.2) is 0 Å². The maximum atomic E-state index is 13.9. The molecule has 1 aromatic carbocycles. The summed E-state index contributed by atoms with van der Waals surface area (Å²) in [5, 5.41) is 9.20. The molecule has 1 saturated carbocycles. The van der Waals surface area contributed by atoms with Crippen LogP contribution >= 0.6 is 15.9 Å². The molecule has 2 aliphatic rings. The van der Waals surface area contributed by atoms with E-state index in [1.807, 2.05) is 0 Å². The number of hydrogen-bond donors (Lipinski definition) is 1. The number of carboxylic acid groups (broad SMARTS) is 1. The van der Waals surface area contributed by atoms with Crippen LogP contribution in [-0.2, 0) is 4.79 Å². The first-order chi connectivity index (χ1) is 9.90. The van der Waals surface area contributed by atoms with Crippen molar-refractivity contribution in [3.8, 4) is 0 Å². The van der Waals surface area contributed by atoms with E-state index in [2.05, 4.69) is 15.9 Å². The second kappa shape index (κ2) is 4.98. The highest BCUT2D eigenvalue weighted by molar-refractivity contribution is 9.10. The van der Waals surface area contributed by atoms with E-state index in [1.54, 1.807) is 6.07 Å². The van der Waals surface area contributed by atoms with Gasteiger partial charge in [0.1, 0.15) is 11.9 Å². The van der Waals surface area contributed by atoms with Gasteiger partial charge in [-0.15, -0.1) is 0 Å². The van der Waals surface area contributed by atoms with E-state index < -0.39 is 18.0 Å². The Hall–Kier alpha value is -1.63. The summed E-state index contributed by atoms with van der Waals surface area (Å²) in [6.07, 6.45) is -0.224. The molecule has 0 aromatic heterocycles. The molecule has 7 heteroatoms. The highest BCUT2D eigenvalue weighted by Crippen LogP contribution is 2.50. The molecule has 1 heterocycles. The summed E-state index contributed by atoms with van der Waals surface area (Å²) in [5.74, 6) is -0.539. The van der Waals surface area contributed by atoms with Crippen LogP contribution in [0.25, 0.3) is 0 Å². The molecule has 1 aliphatic carbocycles. The number of fused-ring (bicyclic) bond motifs is 1. The van der Waals surface area contributed by atoms with Crippen LogP contribution in [0.4, 0.5) is 14.9 Å². The van der Waals surface area contributed by atoms with E-state index in [0.29, 0.717) is 11.0 Å². The van der Waals surface area contributed by atoms with Crippen molar-refractivity contribution in [1.82, 2.24) is 4.90 Å².